The molecule has 0 aromatic heterocycles. The van der Waals surface area contributed by atoms with Crippen molar-refractivity contribution >= 4 is 0 Å². The summed E-state index contributed by atoms with van der Waals surface area (Å²) in [5, 5.41) is 3.60. The van der Waals surface area contributed by atoms with Gasteiger partial charge in [-0.3, -0.25) is 0 Å². The number of hydrogen-bond donors (Lipinski definition) is 1. The minimum Gasteiger partial charge on any atom is -0.311 e. The second kappa shape index (κ2) is 6.42. The summed E-state index contributed by atoms with van der Waals surface area (Å²) in [7, 11) is 0. The topological polar surface area (TPSA) is 12.0 Å². The van der Waals surface area contributed by atoms with Crippen LogP contribution in [0.1, 0.15) is 60.3 Å². The molecular formula is C12H27N. The molecule has 13 heavy (non-hydrogen) atoms. The van der Waals surface area contributed by atoms with Crippen LogP contribution in [0.2, 0.25) is 0 Å². The Morgan fingerprint density at radius 1 is 1.08 bits per heavy atom. The second-order valence-electron chi connectivity index (χ2n) is 3.81. The SMILES string of the molecule is CC.CC.CC1CCNC2(CC2)C1. The van der Waals surface area contributed by atoms with E-state index in [9.17, 15) is 0 Å². The monoisotopic (exact) mass is 185 g/mol. The van der Waals surface area contributed by atoms with E-state index in [1.807, 2.05) is 27.7 Å². The lowest BCUT2D eigenvalue weighted by molar-refractivity contribution is 0.305. The largest absolute Gasteiger partial charge is 0.311 e. The van der Waals surface area contributed by atoms with Gasteiger partial charge in [0, 0.05) is 5.54 Å². The third kappa shape index (κ3) is 4.12. The molecule has 0 bridgehead atoms. The molecule has 1 atom stereocenters. The van der Waals surface area contributed by atoms with Gasteiger partial charge >= 0.3 is 0 Å². The van der Waals surface area contributed by atoms with Crippen LogP contribution in [0.25, 0.3) is 0 Å². The molecule has 2 aliphatic rings. The van der Waals surface area contributed by atoms with E-state index in [0.717, 1.165) is 5.92 Å². The molecule has 0 aromatic carbocycles. The first-order valence-electron chi connectivity index (χ1n) is 6.06. The zero-order valence-electron chi connectivity index (χ0n) is 10.1. The van der Waals surface area contributed by atoms with Crippen LogP contribution in [0.4, 0.5) is 0 Å². The van der Waals surface area contributed by atoms with Gasteiger partial charge in [-0.15, -0.1) is 0 Å². The van der Waals surface area contributed by atoms with Crippen LogP contribution in [0.5, 0.6) is 0 Å². The van der Waals surface area contributed by atoms with E-state index in [-0.39, 0.29) is 0 Å². The zero-order valence-corrected chi connectivity index (χ0v) is 10.1. The van der Waals surface area contributed by atoms with Crippen LogP contribution in [0.15, 0.2) is 0 Å². The molecule has 1 unspecified atom stereocenters. The van der Waals surface area contributed by atoms with Crippen molar-refractivity contribution in [3.05, 3.63) is 0 Å². The highest BCUT2D eigenvalue weighted by Crippen LogP contribution is 2.43. The molecule has 1 heteroatoms. The maximum Gasteiger partial charge on any atom is 0.0185 e. The van der Waals surface area contributed by atoms with Crippen molar-refractivity contribution in [2.24, 2.45) is 5.92 Å². The van der Waals surface area contributed by atoms with Crippen LogP contribution < -0.4 is 5.32 Å². The highest BCUT2D eigenvalue weighted by Gasteiger charge is 2.44. The second-order valence-corrected chi connectivity index (χ2v) is 3.81. The predicted octanol–water partition coefficient (Wildman–Crippen LogP) is 3.59. The van der Waals surface area contributed by atoms with Gasteiger partial charge in [0.25, 0.3) is 0 Å². The average Bonchev–Trinajstić information content (AvgIpc) is 2.91. The zero-order chi connectivity index (χ0) is 10.3. The van der Waals surface area contributed by atoms with Crippen molar-refractivity contribution in [3.63, 3.8) is 0 Å². The first kappa shape index (κ1) is 13.0. The van der Waals surface area contributed by atoms with Crippen LogP contribution >= 0.6 is 0 Å². The van der Waals surface area contributed by atoms with E-state index >= 15 is 0 Å². The Bertz CT molecular complexity index is 116. The van der Waals surface area contributed by atoms with E-state index in [1.165, 1.54) is 32.2 Å². The van der Waals surface area contributed by atoms with Gasteiger partial charge in [0.05, 0.1) is 0 Å². The molecule has 2 rings (SSSR count). The van der Waals surface area contributed by atoms with Crippen LogP contribution in [0.3, 0.4) is 0 Å². The van der Waals surface area contributed by atoms with E-state index in [2.05, 4.69) is 12.2 Å². The molecule has 1 heterocycles. The minimum atomic E-state index is 0.650. The van der Waals surface area contributed by atoms with Crippen molar-refractivity contribution in [2.45, 2.75) is 65.8 Å². The third-order valence-corrected chi connectivity index (χ3v) is 2.73. The molecule has 0 amide bonds. The number of nitrogens with one attached hydrogen (secondary N) is 1. The summed E-state index contributed by atoms with van der Waals surface area (Å²) in [5.74, 6) is 0.980. The van der Waals surface area contributed by atoms with Crippen LogP contribution in [0, 0.1) is 5.92 Å². The smallest absolute Gasteiger partial charge is 0.0185 e. The third-order valence-electron chi connectivity index (χ3n) is 2.73. The van der Waals surface area contributed by atoms with Crippen molar-refractivity contribution in [2.75, 3.05) is 6.54 Å². The molecule has 1 saturated carbocycles. The van der Waals surface area contributed by atoms with Gasteiger partial charge in [0.1, 0.15) is 0 Å². The van der Waals surface area contributed by atoms with Crippen LogP contribution in [-0.2, 0) is 0 Å². The fraction of sp³-hybridized carbons (Fsp3) is 1.00. The molecule has 2 fully saturated rings. The summed E-state index contributed by atoms with van der Waals surface area (Å²) >= 11 is 0. The predicted molar refractivity (Wildman–Crippen MR) is 61.1 cm³/mol. The molecular weight excluding hydrogens is 158 g/mol. The normalized spacial score (nSPS) is 27.9. The molecule has 1 aliphatic heterocycles. The average molecular weight is 185 g/mol. The Balaban J connectivity index is 0.000000322. The van der Waals surface area contributed by atoms with E-state index in [0.29, 0.717) is 5.54 Å². The molecule has 80 valence electrons. The Morgan fingerprint density at radius 2 is 1.62 bits per heavy atom. The maximum absolute atomic E-state index is 3.60. The summed E-state index contributed by atoms with van der Waals surface area (Å²) in [6.07, 6.45) is 5.71. The van der Waals surface area contributed by atoms with Gasteiger partial charge < -0.3 is 5.32 Å². The molecule has 1 nitrogen and oxygen atoms in total. The highest BCUT2D eigenvalue weighted by molar-refractivity contribution is 5.04. The van der Waals surface area contributed by atoms with E-state index in [1.54, 1.807) is 0 Å². The number of piperidine rings is 1. The Hall–Kier alpha value is -0.0400. The van der Waals surface area contributed by atoms with Gasteiger partial charge in [-0.1, -0.05) is 34.6 Å². The Labute approximate surface area is 84.3 Å². The fourth-order valence-electron chi connectivity index (χ4n) is 1.96. The summed E-state index contributed by atoms with van der Waals surface area (Å²) in [6, 6.07) is 0. The standard InChI is InChI=1S/C8H15N.2C2H6/c1-7-2-5-9-8(6-7)3-4-8;2*1-2/h7,9H,2-6H2,1H3;2*1-2H3. The molecule has 1 aliphatic carbocycles. The van der Waals surface area contributed by atoms with Gasteiger partial charge in [0.2, 0.25) is 0 Å². The lowest BCUT2D eigenvalue weighted by atomic mass is 9.93. The maximum atomic E-state index is 3.60. The minimum absolute atomic E-state index is 0.650. The van der Waals surface area contributed by atoms with Gasteiger partial charge in [-0.05, 0) is 38.1 Å². The lowest BCUT2D eigenvalue weighted by Crippen LogP contribution is -2.39. The fourth-order valence-corrected chi connectivity index (χ4v) is 1.96. The summed E-state index contributed by atoms with van der Waals surface area (Å²) in [6.45, 7) is 11.6. The number of rotatable bonds is 0. The lowest BCUT2D eigenvalue weighted by Gasteiger charge is -2.27. The first-order valence-corrected chi connectivity index (χ1v) is 6.06. The Kier molecular flexibility index (Phi) is 6.40. The van der Waals surface area contributed by atoms with Gasteiger partial charge in [0.15, 0.2) is 0 Å². The van der Waals surface area contributed by atoms with Gasteiger partial charge in [-0.2, -0.15) is 0 Å². The van der Waals surface area contributed by atoms with Crippen molar-refractivity contribution in [3.8, 4) is 0 Å². The van der Waals surface area contributed by atoms with Crippen LogP contribution in [-0.4, -0.2) is 12.1 Å². The molecule has 1 spiro atoms. The summed E-state index contributed by atoms with van der Waals surface area (Å²) in [5.41, 5.74) is 0.650. The molecule has 1 saturated heterocycles. The van der Waals surface area contributed by atoms with Gasteiger partial charge in [-0.25, -0.2) is 0 Å². The van der Waals surface area contributed by atoms with Crippen molar-refractivity contribution in [1.82, 2.24) is 5.32 Å². The van der Waals surface area contributed by atoms with Crippen molar-refractivity contribution in [1.29, 1.82) is 0 Å². The molecule has 0 radical (unpaired) electrons. The van der Waals surface area contributed by atoms with E-state index < -0.39 is 0 Å². The highest BCUT2D eigenvalue weighted by atomic mass is 15.0. The Morgan fingerprint density at radius 3 is 1.92 bits per heavy atom. The molecule has 0 aromatic rings. The van der Waals surface area contributed by atoms with E-state index in [4.69, 9.17) is 0 Å². The quantitative estimate of drug-likeness (QED) is 0.608. The molecule has 1 N–H and O–H groups in total. The first-order chi connectivity index (χ1) is 6.31. The van der Waals surface area contributed by atoms with Crippen molar-refractivity contribution < 1.29 is 0 Å². The summed E-state index contributed by atoms with van der Waals surface area (Å²) < 4.78 is 0. The summed E-state index contributed by atoms with van der Waals surface area (Å²) in [4.78, 5) is 0. The number of hydrogen-bond acceptors (Lipinski definition) is 1.